The number of amides is 1. The molecule has 0 radical (unpaired) electrons. The van der Waals surface area contributed by atoms with Gasteiger partial charge in [0.2, 0.25) is 0 Å². The second-order valence-corrected chi connectivity index (χ2v) is 6.38. The minimum absolute atomic E-state index is 0.102. The van der Waals surface area contributed by atoms with Crippen molar-refractivity contribution in [2.75, 3.05) is 5.32 Å². The van der Waals surface area contributed by atoms with Gasteiger partial charge in [-0.3, -0.25) is 14.9 Å². The van der Waals surface area contributed by atoms with Crippen molar-refractivity contribution in [3.05, 3.63) is 92.7 Å². The Morgan fingerprint density at radius 3 is 2.66 bits per heavy atom. The summed E-state index contributed by atoms with van der Waals surface area (Å²) >= 11 is 6.17. The molecular weight excluding hydrogens is 403 g/mol. The molecule has 3 aromatic carbocycles. The van der Waals surface area contributed by atoms with E-state index in [2.05, 4.69) is 5.32 Å². The van der Waals surface area contributed by atoms with Crippen LogP contribution in [0.5, 0.6) is 11.5 Å². The quantitative estimate of drug-likeness (QED) is 0.438. The summed E-state index contributed by atoms with van der Waals surface area (Å²) in [6, 6.07) is 13.5. The summed E-state index contributed by atoms with van der Waals surface area (Å²) in [7, 11) is 0. The second kappa shape index (κ2) is 8.57. The average Bonchev–Trinajstić information content (AvgIpc) is 2.67. The van der Waals surface area contributed by atoms with Crippen LogP contribution >= 0.6 is 11.6 Å². The molecule has 0 heterocycles. The lowest BCUT2D eigenvalue weighted by Crippen LogP contribution is -2.12. The lowest BCUT2D eigenvalue weighted by Gasteiger charge is -2.11. The van der Waals surface area contributed by atoms with E-state index >= 15 is 0 Å². The molecule has 29 heavy (non-hydrogen) atoms. The Morgan fingerprint density at radius 1 is 1.17 bits per heavy atom. The van der Waals surface area contributed by atoms with Gasteiger partial charge in [-0.2, -0.15) is 0 Å². The molecule has 148 valence electrons. The molecule has 0 unspecified atom stereocenters. The van der Waals surface area contributed by atoms with Crippen molar-refractivity contribution in [1.29, 1.82) is 0 Å². The molecule has 9 heteroatoms. The van der Waals surface area contributed by atoms with Crippen LogP contribution in [0.4, 0.5) is 15.8 Å². The summed E-state index contributed by atoms with van der Waals surface area (Å²) < 4.78 is 18.8. The average molecular weight is 417 g/mol. The number of nitrogens with one attached hydrogen (secondary N) is 1. The van der Waals surface area contributed by atoms with Gasteiger partial charge in [-0.05, 0) is 42.0 Å². The topological polar surface area (TPSA) is 102 Å². The molecule has 0 saturated heterocycles. The molecule has 0 saturated carbocycles. The summed E-state index contributed by atoms with van der Waals surface area (Å²) in [4.78, 5) is 22.5. The zero-order valence-corrected chi connectivity index (χ0v) is 15.5. The first-order valence-corrected chi connectivity index (χ1v) is 8.67. The Hall–Kier alpha value is -3.65. The summed E-state index contributed by atoms with van der Waals surface area (Å²) in [5, 5.41) is 23.4. The van der Waals surface area contributed by atoms with Crippen molar-refractivity contribution in [2.45, 2.75) is 6.61 Å². The number of aromatic hydroxyl groups is 1. The minimum atomic E-state index is -0.740. The highest BCUT2D eigenvalue weighted by atomic mass is 35.5. The Morgan fingerprint density at radius 2 is 1.97 bits per heavy atom. The van der Waals surface area contributed by atoms with Crippen molar-refractivity contribution in [2.24, 2.45) is 0 Å². The maximum Gasteiger partial charge on any atom is 0.270 e. The van der Waals surface area contributed by atoms with Gasteiger partial charge in [0, 0.05) is 17.8 Å². The molecule has 3 rings (SSSR count). The highest BCUT2D eigenvalue weighted by Crippen LogP contribution is 2.30. The van der Waals surface area contributed by atoms with Gasteiger partial charge in [-0.1, -0.05) is 23.7 Å². The SMILES string of the molecule is O=C(Nc1ccc(OCc2cccc(F)c2)c(Cl)c1)c1cc([N+](=O)[O-])ccc1O. The van der Waals surface area contributed by atoms with E-state index in [9.17, 15) is 24.4 Å². The van der Waals surface area contributed by atoms with Gasteiger partial charge in [0.1, 0.15) is 23.9 Å². The zero-order valence-electron chi connectivity index (χ0n) is 14.8. The number of halogens is 2. The number of benzene rings is 3. The summed E-state index contributed by atoms with van der Waals surface area (Å²) in [6.07, 6.45) is 0. The largest absolute Gasteiger partial charge is 0.507 e. The fourth-order valence-electron chi connectivity index (χ4n) is 2.50. The zero-order chi connectivity index (χ0) is 21.0. The van der Waals surface area contributed by atoms with Crippen LogP contribution in [0, 0.1) is 15.9 Å². The van der Waals surface area contributed by atoms with Gasteiger partial charge < -0.3 is 15.2 Å². The summed E-state index contributed by atoms with van der Waals surface area (Å²) in [5.41, 5.74) is 0.345. The highest BCUT2D eigenvalue weighted by Gasteiger charge is 2.17. The third-order valence-corrected chi connectivity index (χ3v) is 4.20. The van der Waals surface area contributed by atoms with Crippen LogP contribution in [0.15, 0.2) is 60.7 Å². The first kappa shape index (κ1) is 20.1. The Balaban J connectivity index is 1.71. The summed E-state index contributed by atoms with van der Waals surface area (Å²) in [5.74, 6) is -1.18. The van der Waals surface area contributed by atoms with Crippen molar-refractivity contribution in [3.63, 3.8) is 0 Å². The molecular formula is C20H14ClFN2O5. The van der Waals surface area contributed by atoms with Crippen LogP contribution in [-0.4, -0.2) is 15.9 Å². The molecule has 1 amide bonds. The monoisotopic (exact) mass is 416 g/mol. The van der Waals surface area contributed by atoms with Gasteiger partial charge in [-0.25, -0.2) is 4.39 Å². The molecule has 0 bridgehead atoms. The van der Waals surface area contributed by atoms with E-state index < -0.39 is 16.6 Å². The number of non-ortho nitro benzene ring substituents is 1. The van der Waals surface area contributed by atoms with E-state index in [0.29, 0.717) is 17.0 Å². The lowest BCUT2D eigenvalue weighted by molar-refractivity contribution is -0.384. The normalized spacial score (nSPS) is 10.4. The van der Waals surface area contributed by atoms with E-state index in [1.54, 1.807) is 12.1 Å². The number of nitrogens with zero attached hydrogens (tertiary/aromatic N) is 1. The van der Waals surface area contributed by atoms with Crippen molar-refractivity contribution >= 4 is 28.9 Å². The van der Waals surface area contributed by atoms with Crippen LogP contribution in [0.1, 0.15) is 15.9 Å². The van der Waals surface area contributed by atoms with Gasteiger partial charge in [0.15, 0.2) is 0 Å². The van der Waals surface area contributed by atoms with Crippen molar-refractivity contribution < 1.29 is 24.0 Å². The van der Waals surface area contributed by atoms with Crippen molar-refractivity contribution in [1.82, 2.24) is 0 Å². The smallest absolute Gasteiger partial charge is 0.270 e. The third-order valence-electron chi connectivity index (χ3n) is 3.91. The molecule has 0 aliphatic heterocycles. The van der Waals surface area contributed by atoms with Crippen LogP contribution in [0.3, 0.4) is 0 Å². The highest BCUT2D eigenvalue weighted by molar-refractivity contribution is 6.32. The number of phenols is 1. The molecule has 2 N–H and O–H groups in total. The third kappa shape index (κ3) is 4.99. The van der Waals surface area contributed by atoms with Crippen LogP contribution < -0.4 is 10.1 Å². The molecule has 0 fully saturated rings. The van der Waals surface area contributed by atoms with Crippen LogP contribution in [0.25, 0.3) is 0 Å². The Labute approximate surface area is 169 Å². The number of rotatable bonds is 6. The Bertz CT molecular complexity index is 1090. The van der Waals surface area contributed by atoms with Crippen LogP contribution in [0.2, 0.25) is 5.02 Å². The number of anilines is 1. The maximum absolute atomic E-state index is 13.2. The lowest BCUT2D eigenvalue weighted by atomic mass is 10.1. The number of nitro groups is 1. The number of hydrogen-bond acceptors (Lipinski definition) is 5. The fraction of sp³-hybridized carbons (Fsp3) is 0.0500. The van der Waals surface area contributed by atoms with E-state index in [1.807, 2.05) is 0 Å². The number of carbonyl (C=O) groups is 1. The van der Waals surface area contributed by atoms with Crippen LogP contribution in [-0.2, 0) is 6.61 Å². The van der Waals surface area contributed by atoms with Gasteiger partial charge in [0.25, 0.3) is 11.6 Å². The predicted molar refractivity (Wildman–Crippen MR) is 105 cm³/mol. The van der Waals surface area contributed by atoms with Crippen molar-refractivity contribution in [3.8, 4) is 11.5 Å². The standard InChI is InChI=1S/C20H14ClFN2O5/c21-17-9-14(4-7-19(17)29-11-12-2-1-3-13(22)8-12)23-20(26)16-10-15(24(27)28)5-6-18(16)25/h1-10,25H,11H2,(H,23,26). The van der Waals surface area contributed by atoms with Gasteiger partial charge >= 0.3 is 0 Å². The fourth-order valence-corrected chi connectivity index (χ4v) is 2.74. The molecule has 0 aliphatic carbocycles. The van der Waals surface area contributed by atoms with E-state index in [4.69, 9.17) is 16.3 Å². The van der Waals surface area contributed by atoms with E-state index in [1.165, 1.54) is 30.3 Å². The molecule has 0 aliphatic rings. The molecule has 0 atom stereocenters. The number of carbonyl (C=O) groups excluding carboxylic acids is 1. The predicted octanol–water partition coefficient (Wildman–Crippen LogP) is 4.92. The van der Waals surface area contributed by atoms with E-state index in [0.717, 1.165) is 18.2 Å². The second-order valence-electron chi connectivity index (χ2n) is 5.98. The molecule has 7 nitrogen and oxygen atoms in total. The van der Waals surface area contributed by atoms with E-state index in [-0.39, 0.29) is 28.7 Å². The first-order chi connectivity index (χ1) is 13.8. The number of phenolic OH excluding ortho intramolecular Hbond substituents is 1. The number of nitro benzene ring substituents is 1. The maximum atomic E-state index is 13.2. The van der Waals surface area contributed by atoms with Gasteiger partial charge in [-0.15, -0.1) is 0 Å². The summed E-state index contributed by atoms with van der Waals surface area (Å²) in [6.45, 7) is 0.102. The molecule has 3 aromatic rings. The molecule has 0 aromatic heterocycles. The number of ether oxygens (including phenoxy) is 1. The molecule has 0 spiro atoms. The first-order valence-electron chi connectivity index (χ1n) is 8.29. The Kier molecular flexibility index (Phi) is 5.94. The number of hydrogen-bond donors (Lipinski definition) is 2. The van der Waals surface area contributed by atoms with Gasteiger partial charge in [0.05, 0.1) is 15.5 Å². The minimum Gasteiger partial charge on any atom is -0.507 e.